The number of anilines is 2. The second kappa shape index (κ2) is 11.6. The molecular weight excluding hydrogens is 551 g/mol. The molecule has 11 nitrogen and oxygen atoms in total. The number of carbonyl (C=O) groups is 2. The number of sulfone groups is 1. The molecule has 216 valence electrons. The lowest BCUT2D eigenvalue weighted by Crippen LogP contribution is -2.51. The number of amides is 2. The van der Waals surface area contributed by atoms with Gasteiger partial charge in [-0.1, -0.05) is 18.2 Å². The molecule has 1 fully saturated rings. The van der Waals surface area contributed by atoms with E-state index in [1.807, 2.05) is 0 Å². The van der Waals surface area contributed by atoms with Crippen molar-refractivity contribution in [2.45, 2.75) is 26.4 Å². The van der Waals surface area contributed by atoms with Crippen LogP contribution in [0.4, 0.5) is 20.8 Å². The molecule has 2 heterocycles. The van der Waals surface area contributed by atoms with Crippen LogP contribution in [0.15, 0.2) is 54.9 Å². The van der Waals surface area contributed by atoms with Crippen LogP contribution >= 0.6 is 0 Å². The number of aromatic nitrogens is 2. The van der Waals surface area contributed by atoms with Gasteiger partial charge in [0.15, 0.2) is 14.9 Å². The van der Waals surface area contributed by atoms with E-state index in [0.29, 0.717) is 24.2 Å². The zero-order chi connectivity index (χ0) is 29.9. The largest absolute Gasteiger partial charge is 0.444 e. The summed E-state index contributed by atoms with van der Waals surface area (Å²) in [7, 11) is -3.88. The second-order valence-electron chi connectivity index (χ2n) is 10.5. The molecule has 1 aromatic heterocycles. The van der Waals surface area contributed by atoms with Crippen molar-refractivity contribution < 1.29 is 27.1 Å². The molecule has 1 aliphatic heterocycles. The molecule has 0 unspecified atom stereocenters. The van der Waals surface area contributed by atoms with E-state index in [-0.39, 0.29) is 41.8 Å². The molecule has 2 N–H and O–H groups in total. The fourth-order valence-electron chi connectivity index (χ4n) is 4.13. The molecule has 4 rings (SSSR count). The van der Waals surface area contributed by atoms with Crippen molar-refractivity contribution in [1.82, 2.24) is 19.8 Å². The van der Waals surface area contributed by atoms with Crippen LogP contribution in [-0.2, 0) is 14.6 Å². The lowest BCUT2D eigenvalue weighted by atomic mass is 10.1. The van der Waals surface area contributed by atoms with Gasteiger partial charge in [0, 0.05) is 67.1 Å². The second-order valence-corrected chi connectivity index (χ2v) is 12.5. The molecule has 0 spiro atoms. The first-order valence-corrected chi connectivity index (χ1v) is 14.7. The van der Waals surface area contributed by atoms with Crippen molar-refractivity contribution >= 4 is 38.5 Å². The lowest BCUT2D eigenvalue weighted by Gasteiger charge is -2.35. The van der Waals surface area contributed by atoms with E-state index in [2.05, 4.69) is 15.3 Å². The van der Waals surface area contributed by atoms with E-state index in [4.69, 9.17) is 10.1 Å². The molecule has 13 heteroatoms. The maximum Gasteiger partial charge on any atom is 0.410 e. The Hall–Kier alpha value is -4.39. The summed E-state index contributed by atoms with van der Waals surface area (Å²) in [6.07, 6.45) is 3.30. The summed E-state index contributed by atoms with van der Waals surface area (Å²) < 4.78 is 43.9. The average molecular weight is 583 g/mol. The van der Waals surface area contributed by atoms with Gasteiger partial charge < -0.3 is 19.9 Å². The van der Waals surface area contributed by atoms with E-state index < -0.39 is 32.4 Å². The molecule has 2 aromatic carbocycles. The van der Waals surface area contributed by atoms with Crippen LogP contribution in [0.2, 0.25) is 0 Å². The summed E-state index contributed by atoms with van der Waals surface area (Å²) in [5.41, 5.74) is 0.533. The molecule has 41 heavy (non-hydrogen) atoms. The van der Waals surface area contributed by atoms with Gasteiger partial charge in [-0.2, -0.15) is 0 Å². The van der Waals surface area contributed by atoms with Crippen molar-refractivity contribution in [2.75, 3.05) is 37.8 Å². The first kappa shape index (κ1) is 29.6. The van der Waals surface area contributed by atoms with Crippen molar-refractivity contribution in [3.63, 3.8) is 0 Å². The van der Waals surface area contributed by atoms with Gasteiger partial charge in [-0.25, -0.2) is 27.6 Å². The minimum Gasteiger partial charge on any atom is -0.444 e. The Morgan fingerprint density at radius 3 is 2.20 bits per heavy atom. The maximum atomic E-state index is 14.2. The summed E-state index contributed by atoms with van der Waals surface area (Å²) in [6, 6.07) is 10.4. The highest BCUT2D eigenvalue weighted by atomic mass is 32.2. The van der Waals surface area contributed by atoms with Crippen LogP contribution in [0.5, 0.6) is 0 Å². The van der Waals surface area contributed by atoms with Gasteiger partial charge in [0.2, 0.25) is 5.95 Å². The molecule has 0 aliphatic carbocycles. The van der Waals surface area contributed by atoms with Gasteiger partial charge in [0.05, 0.1) is 5.69 Å². The molecular formula is C28H31FN6O5S. The highest BCUT2D eigenvalue weighted by Crippen LogP contribution is 2.26. The van der Waals surface area contributed by atoms with Gasteiger partial charge in [0.1, 0.15) is 11.4 Å². The van der Waals surface area contributed by atoms with Gasteiger partial charge in [0.25, 0.3) is 5.91 Å². The monoisotopic (exact) mass is 582 g/mol. The van der Waals surface area contributed by atoms with E-state index in [0.717, 1.165) is 6.26 Å². The first-order chi connectivity index (χ1) is 19.2. The van der Waals surface area contributed by atoms with Gasteiger partial charge in [-0.3, -0.25) is 10.2 Å². The number of nitrogens with one attached hydrogen (secondary N) is 2. The van der Waals surface area contributed by atoms with Crippen molar-refractivity contribution in [3.8, 4) is 11.1 Å². The molecule has 0 bridgehead atoms. The smallest absolute Gasteiger partial charge is 0.410 e. The van der Waals surface area contributed by atoms with E-state index in [1.165, 1.54) is 36.7 Å². The van der Waals surface area contributed by atoms with Crippen molar-refractivity contribution in [2.24, 2.45) is 0 Å². The minimum atomic E-state index is -3.88. The Balaban J connectivity index is 1.56. The number of piperazine rings is 1. The van der Waals surface area contributed by atoms with E-state index in [1.54, 1.807) is 48.8 Å². The number of hydrogen-bond acceptors (Lipinski definition) is 9. The van der Waals surface area contributed by atoms with Crippen LogP contribution in [-0.4, -0.2) is 83.3 Å². The highest BCUT2D eigenvalue weighted by Gasteiger charge is 2.29. The average Bonchev–Trinajstić information content (AvgIpc) is 2.92. The Labute approximate surface area is 237 Å². The van der Waals surface area contributed by atoms with Crippen LogP contribution in [0.25, 0.3) is 11.1 Å². The van der Waals surface area contributed by atoms with Crippen molar-refractivity contribution in [1.29, 1.82) is 5.41 Å². The SMILES string of the molecule is CC(C)(C)OC(=O)N1CCN(C(=O)c2ccc(C(=N)S(C)(=O)=O)c(Nc3ncc(-c4ccccc4F)cn3)c2)CC1. The topological polar surface area (TPSA) is 146 Å². The van der Waals surface area contributed by atoms with E-state index in [9.17, 15) is 22.4 Å². The number of halogens is 1. The van der Waals surface area contributed by atoms with E-state index >= 15 is 0 Å². The fraction of sp³-hybridized carbons (Fsp3) is 0.321. The molecule has 0 radical (unpaired) electrons. The van der Waals surface area contributed by atoms with Gasteiger partial charge >= 0.3 is 6.09 Å². The number of hydrogen-bond donors (Lipinski definition) is 2. The predicted octanol–water partition coefficient (Wildman–Crippen LogP) is 4.09. The highest BCUT2D eigenvalue weighted by molar-refractivity contribution is 8.06. The fourth-order valence-corrected chi connectivity index (χ4v) is 4.70. The van der Waals surface area contributed by atoms with Gasteiger partial charge in [-0.15, -0.1) is 0 Å². The van der Waals surface area contributed by atoms with Crippen LogP contribution in [0, 0.1) is 11.2 Å². The third-order valence-corrected chi connectivity index (χ3v) is 7.15. The third kappa shape index (κ3) is 7.23. The van der Waals surface area contributed by atoms with Crippen LogP contribution < -0.4 is 5.32 Å². The minimum absolute atomic E-state index is 0.0283. The number of benzene rings is 2. The maximum absolute atomic E-state index is 14.2. The Morgan fingerprint density at radius 2 is 1.61 bits per heavy atom. The summed E-state index contributed by atoms with van der Waals surface area (Å²) in [4.78, 5) is 37.3. The Kier molecular flexibility index (Phi) is 8.38. The summed E-state index contributed by atoms with van der Waals surface area (Å²) >= 11 is 0. The lowest BCUT2D eigenvalue weighted by molar-refractivity contribution is 0.0141. The van der Waals surface area contributed by atoms with Crippen LogP contribution in [0.1, 0.15) is 36.7 Å². The Bertz CT molecular complexity index is 1580. The summed E-state index contributed by atoms with van der Waals surface area (Å²) in [5.74, 6) is -0.702. The molecule has 0 atom stereocenters. The molecule has 1 saturated heterocycles. The summed E-state index contributed by atoms with van der Waals surface area (Å²) in [5, 5.41) is 10.5. The Morgan fingerprint density at radius 1 is 1.00 bits per heavy atom. The standard InChI is InChI=1S/C28H31FN6O5S/c1-28(2,3)40-27(37)35-13-11-34(12-14-35)25(36)18-9-10-21(24(30)41(4,38)39)23(15-18)33-26-31-16-19(17-32-26)20-7-5-6-8-22(20)29/h5-10,15-17,30H,11-14H2,1-4H3,(H,31,32,33). The zero-order valence-corrected chi connectivity index (χ0v) is 24.0. The molecule has 2 amide bonds. The first-order valence-electron chi connectivity index (χ1n) is 12.8. The van der Waals surface area contributed by atoms with Crippen LogP contribution in [0.3, 0.4) is 0 Å². The van der Waals surface area contributed by atoms with Crippen molar-refractivity contribution in [3.05, 3.63) is 71.8 Å². The normalized spacial score (nSPS) is 14.0. The number of carbonyl (C=O) groups excluding carboxylic acids is 2. The zero-order valence-electron chi connectivity index (χ0n) is 23.1. The predicted molar refractivity (Wildman–Crippen MR) is 153 cm³/mol. The third-order valence-electron chi connectivity index (χ3n) is 6.18. The molecule has 0 saturated carbocycles. The number of ether oxygens (including phenoxy) is 1. The van der Waals surface area contributed by atoms with Gasteiger partial charge in [-0.05, 0) is 45.0 Å². The molecule has 3 aromatic rings. The quantitative estimate of drug-likeness (QED) is 0.338. The summed E-state index contributed by atoms with van der Waals surface area (Å²) in [6.45, 7) is 6.50. The molecule has 1 aliphatic rings. The number of rotatable bonds is 5. The number of nitrogens with zero attached hydrogens (tertiary/aromatic N) is 4.